The Morgan fingerprint density at radius 3 is 2.60 bits per heavy atom. The molecular formula is C19H26N2O4. The molecule has 2 amide bonds. The number of amides is 2. The summed E-state index contributed by atoms with van der Waals surface area (Å²) in [6.45, 7) is 6.72. The predicted molar refractivity (Wildman–Crippen MR) is 96.3 cm³/mol. The van der Waals surface area contributed by atoms with Gasteiger partial charge >= 0.3 is 0 Å². The molecule has 0 spiro atoms. The van der Waals surface area contributed by atoms with Gasteiger partial charge in [0.05, 0.1) is 6.61 Å². The maximum Gasteiger partial charge on any atom is 0.288 e. The number of hydrogen-bond donors (Lipinski definition) is 2. The number of carbonyl (C=O) groups is 2. The standard InChI is InChI=1S/C19H26N2O4/c1-5-24-11-14-13-8-6-7-9-16(13)25-17(14)19(23)21-15(10-12(2)3)18(22)20-4/h6-9,12,15H,5,10-11H2,1-4H3,(H,20,22)(H,21,23). The van der Waals surface area contributed by atoms with Gasteiger partial charge in [-0.25, -0.2) is 0 Å². The highest BCUT2D eigenvalue weighted by atomic mass is 16.5. The van der Waals surface area contributed by atoms with Crippen molar-refractivity contribution in [2.24, 2.45) is 5.92 Å². The Balaban J connectivity index is 2.32. The zero-order valence-electron chi connectivity index (χ0n) is 15.2. The third-order valence-corrected chi connectivity index (χ3v) is 3.93. The van der Waals surface area contributed by atoms with Gasteiger partial charge in [0.1, 0.15) is 11.6 Å². The van der Waals surface area contributed by atoms with Crippen LogP contribution in [0.15, 0.2) is 28.7 Å². The van der Waals surface area contributed by atoms with Crippen LogP contribution in [0, 0.1) is 5.92 Å². The van der Waals surface area contributed by atoms with Gasteiger partial charge in [0.2, 0.25) is 5.91 Å². The van der Waals surface area contributed by atoms with Crippen LogP contribution in [-0.2, 0) is 16.1 Å². The molecule has 0 aliphatic heterocycles. The molecule has 1 atom stereocenters. The van der Waals surface area contributed by atoms with E-state index in [0.717, 1.165) is 5.39 Å². The normalized spacial score (nSPS) is 12.4. The molecule has 0 aliphatic carbocycles. The zero-order chi connectivity index (χ0) is 18.4. The van der Waals surface area contributed by atoms with Crippen LogP contribution in [0.25, 0.3) is 11.0 Å². The Bertz CT molecular complexity index is 736. The summed E-state index contributed by atoms with van der Waals surface area (Å²) in [6, 6.07) is 6.84. The van der Waals surface area contributed by atoms with Crippen LogP contribution in [0.3, 0.4) is 0 Å². The summed E-state index contributed by atoms with van der Waals surface area (Å²) in [5.74, 6) is -0.154. The van der Waals surface area contributed by atoms with E-state index < -0.39 is 11.9 Å². The molecule has 0 saturated heterocycles. The van der Waals surface area contributed by atoms with Crippen molar-refractivity contribution < 1.29 is 18.7 Å². The first-order chi connectivity index (χ1) is 12.0. The number of benzene rings is 1. The van der Waals surface area contributed by atoms with E-state index in [4.69, 9.17) is 9.15 Å². The van der Waals surface area contributed by atoms with Gasteiger partial charge in [-0.15, -0.1) is 0 Å². The van der Waals surface area contributed by atoms with Gasteiger partial charge in [-0.1, -0.05) is 32.0 Å². The molecule has 0 radical (unpaired) electrons. The van der Waals surface area contributed by atoms with Crippen molar-refractivity contribution >= 4 is 22.8 Å². The van der Waals surface area contributed by atoms with E-state index in [1.165, 1.54) is 0 Å². The first kappa shape index (κ1) is 19.0. The Morgan fingerprint density at radius 2 is 1.96 bits per heavy atom. The summed E-state index contributed by atoms with van der Waals surface area (Å²) in [7, 11) is 1.56. The van der Waals surface area contributed by atoms with Gasteiger partial charge in [0.25, 0.3) is 5.91 Å². The first-order valence-corrected chi connectivity index (χ1v) is 8.58. The Labute approximate surface area is 147 Å². The number of hydrogen-bond acceptors (Lipinski definition) is 4. The molecule has 0 aliphatic rings. The number of fused-ring (bicyclic) bond motifs is 1. The Hall–Kier alpha value is -2.34. The average Bonchev–Trinajstić information content (AvgIpc) is 2.97. The Morgan fingerprint density at radius 1 is 1.24 bits per heavy atom. The van der Waals surface area contributed by atoms with Crippen LogP contribution in [0.5, 0.6) is 0 Å². The molecule has 0 saturated carbocycles. The van der Waals surface area contributed by atoms with E-state index in [9.17, 15) is 9.59 Å². The van der Waals surface area contributed by atoms with Crippen LogP contribution in [0.4, 0.5) is 0 Å². The minimum Gasteiger partial charge on any atom is -0.451 e. The number of carbonyl (C=O) groups excluding carboxylic acids is 2. The highest BCUT2D eigenvalue weighted by Crippen LogP contribution is 2.27. The lowest BCUT2D eigenvalue weighted by Crippen LogP contribution is -2.46. The minimum atomic E-state index is -0.606. The summed E-state index contributed by atoms with van der Waals surface area (Å²) < 4.78 is 11.2. The van der Waals surface area contributed by atoms with E-state index in [1.807, 2.05) is 45.0 Å². The maximum absolute atomic E-state index is 12.8. The van der Waals surface area contributed by atoms with Crippen molar-refractivity contribution in [1.82, 2.24) is 10.6 Å². The third-order valence-electron chi connectivity index (χ3n) is 3.93. The summed E-state index contributed by atoms with van der Waals surface area (Å²) in [4.78, 5) is 24.8. The lowest BCUT2D eigenvalue weighted by atomic mass is 10.0. The van der Waals surface area contributed by atoms with E-state index >= 15 is 0 Å². The number of furan rings is 1. The fourth-order valence-corrected chi connectivity index (χ4v) is 2.73. The lowest BCUT2D eigenvalue weighted by Gasteiger charge is -2.18. The Kier molecular flexibility index (Phi) is 6.58. The largest absolute Gasteiger partial charge is 0.451 e. The second-order valence-electron chi connectivity index (χ2n) is 6.31. The van der Waals surface area contributed by atoms with E-state index in [-0.39, 0.29) is 24.2 Å². The topological polar surface area (TPSA) is 80.6 Å². The first-order valence-electron chi connectivity index (χ1n) is 8.58. The number of para-hydroxylation sites is 1. The number of likely N-dealkylation sites (N-methyl/N-ethyl adjacent to an activating group) is 1. The summed E-state index contributed by atoms with van der Waals surface area (Å²) in [5, 5.41) is 6.24. The fraction of sp³-hybridized carbons (Fsp3) is 0.474. The van der Waals surface area contributed by atoms with Crippen LogP contribution in [0.2, 0.25) is 0 Å². The highest BCUT2D eigenvalue weighted by molar-refractivity contribution is 6.01. The number of nitrogens with one attached hydrogen (secondary N) is 2. The molecule has 2 rings (SSSR count). The lowest BCUT2D eigenvalue weighted by molar-refractivity contribution is -0.122. The minimum absolute atomic E-state index is 0.201. The molecule has 2 aromatic rings. The molecule has 6 nitrogen and oxygen atoms in total. The van der Waals surface area contributed by atoms with Gasteiger partial charge in [0.15, 0.2) is 5.76 Å². The highest BCUT2D eigenvalue weighted by Gasteiger charge is 2.26. The zero-order valence-corrected chi connectivity index (χ0v) is 15.2. The monoisotopic (exact) mass is 346 g/mol. The van der Waals surface area contributed by atoms with Gasteiger partial charge < -0.3 is 19.8 Å². The second-order valence-corrected chi connectivity index (χ2v) is 6.31. The van der Waals surface area contributed by atoms with E-state index in [1.54, 1.807) is 7.05 Å². The van der Waals surface area contributed by atoms with Gasteiger partial charge in [-0.3, -0.25) is 9.59 Å². The summed E-state index contributed by atoms with van der Waals surface area (Å²) in [6.07, 6.45) is 0.548. The molecule has 0 fully saturated rings. The smallest absolute Gasteiger partial charge is 0.288 e. The maximum atomic E-state index is 12.8. The van der Waals surface area contributed by atoms with Crippen molar-refractivity contribution in [3.63, 3.8) is 0 Å². The third kappa shape index (κ3) is 4.60. The number of rotatable bonds is 8. The molecule has 136 valence electrons. The quantitative estimate of drug-likeness (QED) is 0.770. The van der Waals surface area contributed by atoms with Crippen molar-refractivity contribution in [2.45, 2.75) is 39.8 Å². The van der Waals surface area contributed by atoms with Gasteiger partial charge in [-0.2, -0.15) is 0 Å². The average molecular weight is 346 g/mol. The van der Waals surface area contributed by atoms with Crippen LogP contribution in [-0.4, -0.2) is 31.5 Å². The molecule has 0 bridgehead atoms. The van der Waals surface area contributed by atoms with Crippen molar-refractivity contribution in [3.8, 4) is 0 Å². The second kappa shape index (κ2) is 8.67. The predicted octanol–water partition coefficient (Wildman–Crippen LogP) is 2.86. The SMILES string of the molecule is CCOCc1c(C(=O)NC(CC(C)C)C(=O)NC)oc2ccccc12. The van der Waals surface area contributed by atoms with E-state index in [0.29, 0.717) is 24.2 Å². The van der Waals surface area contributed by atoms with E-state index in [2.05, 4.69) is 10.6 Å². The van der Waals surface area contributed by atoms with Crippen LogP contribution in [0.1, 0.15) is 43.3 Å². The molecule has 1 aromatic carbocycles. The molecule has 2 N–H and O–H groups in total. The van der Waals surface area contributed by atoms with Gasteiger partial charge in [-0.05, 0) is 25.3 Å². The van der Waals surface area contributed by atoms with Crippen molar-refractivity contribution in [1.29, 1.82) is 0 Å². The molecule has 25 heavy (non-hydrogen) atoms. The van der Waals surface area contributed by atoms with Crippen molar-refractivity contribution in [2.75, 3.05) is 13.7 Å². The fourth-order valence-electron chi connectivity index (χ4n) is 2.73. The molecule has 6 heteroatoms. The summed E-state index contributed by atoms with van der Waals surface area (Å²) >= 11 is 0. The number of ether oxygens (including phenoxy) is 1. The van der Waals surface area contributed by atoms with Gasteiger partial charge in [0, 0.05) is 24.6 Å². The van der Waals surface area contributed by atoms with Crippen molar-refractivity contribution in [3.05, 3.63) is 35.6 Å². The summed E-state index contributed by atoms with van der Waals surface area (Å²) in [5.41, 5.74) is 1.33. The molecule has 1 heterocycles. The van der Waals surface area contributed by atoms with Crippen LogP contribution < -0.4 is 10.6 Å². The molecule has 1 unspecified atom stereocenters. The molecular weight excluding hydrogens is 320 g/mol. The van der Waals surface area contributed by atoms with Crippen LogP contribution >= 0.6 is 0 Å². The molecule has 1 aromatic heterocycles.